The Morgan fingerprint density at radius 2 is 2.23 bits per heavy atom. The minimum atomic E-state index is -1.00. The van der Waals surface area contributed by atoms with Crippen molar-refractivity contribution in [1.82, 2.24) is 25.1 Å². The normalized spacial score (nSPS) is 26.1. The highest BCUT2D eigenvalue weighted by Gasteiger charge is 2.37. The van der Waals surface area contributed by atoms with Gasteiger partial charge in [-0.2, -0.15) is 5.10 Å². The van der Waals surface area contributed by atoms with E-state index in [-0.39, 0.29) is 18.4 Å². The van der Waals surface area contributed by atoms with E-state index in [1.165, 1.54) is 6.33 Å². The van der Waals surface area contributed by atoms with Crippen LogP contribution in [-0.2, 0) is 19.0 Å². The van der Waals surface area contributed by atoms with Crippen molar-refractivity contribution < 1.29 is 19.0 Å². The monoisotopic (exact) mass is 414 g/mol. The zero-order valence-corrected chi connectivity index (χ0v) is 17.1. The number of hydrogen-bond donors (Lipinski definition) is 1. The molecule has 0 bridgehead atoms. The number of nitrogens with zero attached hydrogens (tertiary/aromatic N) is 5. The molecule has 0 spiro atoms. The first-order valence-corrected chi connectivity index (χ1v) is 9.92. The number of carbonyl (C=O) groups is 1. The lowest BCUT2D eigenvalue weighted by atomic mass is 9.97. The van der Waals surface area contributed by atoms with E-state index < -0.39 is 12.1 Å². The summed E-state index contributed by atoms with van der Waals surface area (Å²) in [7, 11) is 3.10. The predicted octanol–water partition coefficient (Wildman–Crippen LogP) is 0.896. The summed E-state index contributed by atoms with van der Waals surface area (Å²) < 4.78 is 18.0. The molecule has 3 unspecified atom stereocenters. The van der Waals surface area contributed by atoms with Crippen LogP contribution in [0.4, 0.5) is 5.82 Å². The minimum absolute atomic E-state index is 0.0321. The zero-order chi connectivity index (χ0) is 21.0. The van der Waals surface area contributed by atoms with E-state index in [0.717, 1.165) is 25.2 Å². The molecular formula is C20H26N6O4. The van der Waals surface area contributed by atoms with Gasteiger partial charge in [-0.15, -0.1) is 0 Å². The van der Waals surface area contributed by atoms with Crippen molar-refractivity contribution in [3.63, 3.8) is 0 Å². The Bertz CT molecular complexity index is 889. The van der Waals surface area contributed by atoms with E-state index in [0.29, 0.717) is 12.4 Å². The first kappa shape index (κ1) is 20.5. The lowest BCUT2D eigenvalue weighted by Gasteiger charge is -2.34. The van der Waals surface area contributed by atoms with E-state index in [2.05, 4.69) is 25.3 Å². The van der Waals surface area contributed by atoms with Crippen LogP contribution >= 0.6 is 0 Å². The molecule has 2 aliphatic heterocycles. The lowest BCUT2D eigenvalue weighted by Crippen LogP contribution is -2.49. The molecule has 0 aromatic carbocycles. The Kier molecular flexibility index (Phi) is 6.07. The number of amides is 1. The molecule has 3 atom stereocenters. The minimum Gasteiger partial charge on any atom is -0.356 e. The van der Waals surface area contributed by atoms with E-state index in [4.69, 9.17) is 14.2 Å². The molecule has 1 amide bonds. The predicted molar refractivity (Wildman–Crippen MR) is 108 cm³/mol. The second-order valence-electron chi connectivity index (χ2n) is 7.29. The summed E-state index contributed by atoms with van der Waals surface area (Å²) in [6.07, 6.45) is 9.83. The molecule has 4 heterocycles. The fourth-order valence-electron chi connectivity index (χ4n) is 3.71. The molecule has 2 aliphatic rings. The van der Waals surface area contributed by atoms with Gasteiger partial charge in [0.15, 0.2) is 12.1 Å². The lowest BCUT2D eigenvalue weighted by molar-refractivity contribution is -0.239. The van der Waals surface area contributed by atoms with E-state index in [1.54, 1.807) is 37.3 Å². The van der Waals surface area contributed by atoms with Gasteiger partial charge in [-0.25, -0.2) is 14.6 Å². The van der Waals surface area contributed by atoms with Crippen molar-refractivity contribution in [2.45, 2.75) is 24.9 Å². The number of rotatable bonds is 7. The Labute approximate surface area is 174 Å². The van der Waals surface area contributed by atoms with Crippen molar-refractivity contribution in [3.05, 3.63) is 43.0 Å². The third kappa shape index (κ3) is 4.35. The maximum atomic E-state index is 12.8. The van der Waals surface area contributed by atoms with E-state index in [1.807, 2.05) is 18.3 Å². The third-order valence-electron chi connectivity index (χ3n) is 5.40. The summed E-state index contributed by atoms with van der Waals surface area (Å²) in [6, 6.07) is 3.73. The van der Waals surface area contributed by atoms with Gasteiger partial charge in [0, 0.05) is 45.8 Å². The first-order valence-electron chi connectivity index (χ1n) is 9.92. The molecule has 4 rings (SSSR count). The highest BCUT2D eigenvalue weighted by molar-refractivity contribution is 5.79. The molecule has 0 saturated carbocycles. The van der Waals surface area contributed by atoms with Gasteiger partial charge >= 0.3 is 0 Å². The van der Waals surface area contributed by atoms with Crippen molar-refractivity contribution in [1.29, 1.82) is 0 Å². The second-order valence-corrected chi connectivity index (χ2v) is 7.29. The third-order valence-corrected chi connectivity index (χ3v) is 5.40. The summed E-state index contributed by atoms with van der Waals surface area (Å²) >= 11 is 0. The Morgan fingerprint density at radius 3 is 2.97 bits per heavy atom. The van der Waals surface area contributed by atoms with Crippen LogP contribution < -0.4 is 10.2 Å². The maximum absolute atomic E-state index is 12.8. The highest BCUT2D eigenvalue weighted by atomic mass is 16.8. The summed E-state index contributed by atoms with van der Waals surface area (Å²) in [4.78, 5) is 23.6. The largest absolute Gasteiger partial charge is 0.356 e. The van der Waals surface area contributed by atoms with Crippen molar-refractivity contribution in [2.24, 2.45) is 5.92 Å². The van der Waals surface area contributed by atoms with Gasteiger partial charge < -0.3 is 24.4 Å². The van der Waals surface area contributed by atoms with E-state index in [9.17, 15) is 4.79 Å². The van der Waals surface area contributed by atoms with Gasteiger partial charge in [0.05, 0.1) is 12.5 Å². The zero-order valence-electron chi connectivity index (χ0n) is 17.1. The van der Waals surface area contributed by atoms with Crippen LogP contribution in [0.3, 0.4) is 0 Å². The molecule has 1 saturated heterocycles. The van der Waals surface area contributed by atoms with Crippen LogP contribution in [0.15, 0.2) is 43.0 Å². The number of hydrogen-bond acceptors (Lipinski definition) is 8. The molecule has 1 N–H and O–H groups in total. The summed E-state index contributed by atoms with van der Waals surface area (Å²) in [5, 5.41) is 7.18. The number of methoxy groups -OCH3 is 2. The molecule has 0 aliphatic carbocycles. The van der Waals surface area contributed by atoms with Crippen LogP contribution in [0.25, 0.3) is 5.82 Å². The van der Waals surface area contributed by atoms with Gasteiger partial charge in [0.1, 0.15) is 12.1 Å². The Balaban J connectivity index is 1.38. The molecular weight excluding hydrogens is 388 g/mol. The van der Waals surface area contributed by atoms with Crippen LogP contribution in [0, 0.1) is 5.92 Å². The van der Waals surface area contributed by atoms with Gasteiger partial charge in [0.2, 0.25) is 11.7 Å². The van der Waals surface area contributed by atoms with Crippen molar-refractivity contribution >= 4 is 11.7 Å². The Hall–Kier alpha value is -2.82. The molecule has 1 fully saturated rings. The Morgan fingerprint density at radius 1 is 1.37 bits per heavy atom. The van der Waals surface area contributed by atoms with Crippen LogP contribution in [0.5, 0.6) is 0 Å². The number of carbonyl (C=O) groups excluding carboxylic acids is 1. The number of piperidine rings is 1. The summed E-state index contributed by atoms with van der Waals surface area (Å²) in [5.41, 5.74) is 0. The smallest absolute Gasteiger partial charge is 0.225 e. The fourth-order valence-corrected chi connectivity index (χ4v) is 3.71. The van der Waals surface area contributed by atoms with Gasteiger partial charge in [-0.1, -0.05) is 0 Å². The molecule has 10 heteroatoms. The van der Waals surface area contributed by atoms with Crippen LogP contribution in [0.1, 0.15) is 12.8 Å². The maximum Gasteiger partial charge on any atom is 0.225 e. The second kappa shape index (κ2) is 8.90. The quantitative estimate of drug-likeness (QED) is 0.667. The van der Waals surface area contributed by atoms with Crippen molar-refractivity contribution in [3.8, 4) is 5.82 Å². The summed E-state index contributed by atoms with van der Waals surface area (Å²) in [5.74, 6) is 0.285. The van der Waals surface area contributed by atoms with Gasteiger partial charge in [-0.05, 0) is 31.1 Å². The molecule has 10 nitrogen and oxygen atoms in total. The average molecular weight is 414 g/mol. The number of anilines is 1. The van der Waals surface area contributed by atoms with E-state index >= 15 is 0 Å². The van der Waals surface area contributed by atoms with Gasteiger partial charge in [0.25, 0.3) is 0 Å². The number of aromatic nitrogens is 4. The molecule has 160 valence electrons. The molecule has 2 aromatic heterocycles. The molecule has 0 radical (unpaired) electrons. The fraction of sp³-hybridized carbons (Fsp3) is 0.500. The average Bonchev–Trinajstić information content (AvgIpc) is 3.48. The van der Waals surface area contributed by atoms with Gasteiger partial charge in [-0.3, -0.25) is 4.79 Å². The molecule has 2 aromatic rings. The highest BCUT2D eigenvalue weighted by Crippen LogP contribution is 2.25. The van der Waals surface area contributed by atoms with Crippen LogP contribution in [0.2, 0.25) is 0 Å². The van der Waals surface area contributed by atoms with Crippen molar-refractivity contribution in [2.75, 3.05) is 38.8 Å². The number of nitrogens with one attached hydrogen (secondary N) is 1. The SMILES string of the molecule is COC1C=CC(CNC(=O)C2CCCN(c3cc(-n4cccn4)ncn3)C2)(OC)O1. The topological polar surface area (TPSA) is 104 Å². The first-order chi connectivity index (χ1) is 14.6. The van der Waals surface area contributed by atoms with Crippen LogP contribution in [-0.4, -0.2) is 71.6 Å². The molecule has 30 heavy (non-hydrogen) atoms. The summed E-state index contributed by atoms with van der Waals surface area (Å²) in [6.45, 7) is 1.63. The number of ether oxygens (including phenoxy) is 3. The standard InChI is InChI=1S/C20H26N6O4/c1-28-18-6-7-20(29-2,30-18)13-21-19(27)15-5-3-9-25(12-15)16-11-17(23-14-22-16)26-10-4-8-24-26/h4,6-8,10-11,14-15,18H,3,5,9,12-13H2,1-2H3,(H,21,27).